The van der Waals surface area contributed by atoms with E-state index in [9.17, 15) is 4.79 Å². The smallest absolute Gasteiger partial charge is 0.264 e. The number of hydrogen-bond acceptors (Lipinski definition) is 3. The van der Waals surface area contributed by atoms with Gasteiger partial charge in [-0.15, -0.1) is 23.7 Å². The maximum Gasteiger partial charge on any atom is 0.264 e. The highest BCUT2D eigenvalue weighted by molar-refractivity contribution is 7.12. The molecule has 0 aliphatic carbocycles. The van der Waals surface area contributed by atoms with E-state index in [4.69, 9.17) is 0 Å². The van der Waals surface area contributed by atoms with Crippen molar-refractivity contribution in [3.63, 3.8) is 0 Å². The van der Waals surface area contributed by atoms with Crippen molar-refractivity contribution in [2.45, 2.75) is 39.2 Å². The molecule has 19 heavy (non-hydrogen) atoms. The van der Waals surface area contributed by atoms with E-state index < -0.39 is 0 Å². The summed E-state index contributed by atoms with van der Waals surface area (Å²) < 4.78 is 0. The van der Waals surface area contributed by atoms with Gasteiger partial charge in [-0.1, -0.05) is 13.8 Å². The van der Waals surface area contributed by atoms with E-state index in [0.29, 0.717) is 6.04 Å². The number of hydrogen-bond donors (Lipinski definition) is 1. The Hall–Kier alpha value is -0.580. The van der Waals surface area contributed by atoms with Gasteiger partial charge in [0.25, 0.3) is 5.91 Å². The molecule has 0 saturated carbocycles. The predicted molar refractivity (Wildman–Crippen MR) is 83.5 cm³/mol. The third kappa shape index (κ3) is 3.71. The Morgan fingerprint density at radius 2 is 2.32 bits per heavy atom. The van der Waals surface area contributed by atoms with Gasteiger partial charge >= 0.3 is 0 Å². The number of amides is 1. The minimum absolute atomic E-state index is 0. The molecule has 1 aromatic heterocycles. The van der Waals surface area contributed by atoms with Gasteiger partial charge in [-0.3, -0.25) is 4.79 Å². The van der Waals surface area contributed by atoms with Crippen molar-refractivity contribution >= 4 is 29.7 Å². The van der Waals surface area contributed by atoms with Gasteiger partial charge in [-0.2, -0.15) is 0 Å². The molecule has 1 amide bonds. The molecule has 0 bridgehead atoms. The second-order valence-corrected chi connectivity index (χ2v) is 5.69. The summed E-state index contributed by atoms with van der Waals surface area (Å²) in [7, 11) is 0. The van der Waals surface area contributed by atoms with E-state index in [1.807, 2.05) is 5.38 Å². The number of nitrogens with zero attached hydrogens (tertiary/aromatic N) is 1. The normalized spacial score (nSPS) is 18.1. The van der Waals surface area contributed by atoms with Crippen LogP contribution >= 0.6 is 23.7 Å². The van der Waals surface area contributed by atoms with Crippen LogP contribution in [0.3, 0.4) is 0 Å². The molecular weight excluding hydrogens is 280 g/mol. The Bertz CT molecular complexity index is 402. The number of aryl methyl sites for hydroxylation is 1. The fourth-order valence-corrected chi connectivity index (χ4v) is 3.48. The van der Waals surface area contributed by atoms with Gasteiger partial charge in [0.2, 0.25) is 0 Å². The van der Waals surface area contributed by atoms with Crippen LogP contribution in [0.5, 0.6) is 0 Å². The molecule has 1 N–H and O–H groups in total. The summed E-state index contributed by atoms with van der Waals surface area (Å²) in [5, 5.41) is 5.38. The lowest BCUT2D eigenvalue weighted by molar-refractivity contribution is 0.0696. The third-order valence-corrected chi connectivity index (χ3v) is 4.47. The lowest BCUT2D eigenvalue weighted by Gasteiger charge is -2.28. The van der Waals surface area contributed by atoms with Crippen LogP contribution in [0, 0.1) is 0 Å². The van der Waals surface area contributed by atoms with Crippen LogP contribution in [0.4, 0.5) is 0 Å². The van der Waals surface area contributed by atoms with Crippen molar-refractivity contribution in [3.05, 3.63) is 21.9 Å². The molecule has 0 aromatic carbocycles. The molecule has 0 radical (unpaired) electrons. The lowest BCUT2D eigenvalue weighted by Crippen LogP contribution is -2.42. The van der Waals surface area contributed by atoms with Gasteiger partial charge in [0.1, 0.15) is 0 Å². The molecule has 2 rings (SSSR count). The maximum absolute atomic E-state index is 12.7. The molecule has 1 atom stereocenters. The molecule has 1 saturated heterocycles. The second kappa shape index (κ2) is 7.88. The summed E-state index contributed by atoms with van der Waals surface area (Å²) >= 11 is 1.58. The predicted octanol–water partition coefficient (Wildman–Crippen LogP) is 2.95. The molecule has 1 aliphatic heterocycles. The first-order chi connectivity index (χ1) is 8.77. The Kier molecular flexibility index (Phi) is 6.83. The Morgan fingerprint density at radius 1 is 1.53 bits per heavy atom. The summed E-state index contributed by atoms with van der Waals surface area (Å²) in [4.78, 5) is 15.7. The van der Waals surface area contributed by atoms with E-state index in [2.05, 4.69) is 30.1 Å². The van der Waals surface area contributed by atoms with Crippen LogP contribution in [0.15, 0.2) is 11.4 Å². The molecule has 1 fully saturated rings. The molecule has 1 aliphatic rings. The van der Waals surface area contributed by atoms with Crippen molar-refractivity contribution in [1.29, 1.82) is 0 Å². The van der Waals surface area contributed by atoms with Crippen molar-refractivity contribution in [1.82, 2.24) is 10.2 Å². The van der Waals surface area contributed by atoms with Crippen LogP contribution in [0.1, 0.15) is 41.9 Å². The van der Waals surface area contributed by atoms with Gasteiger partial charge in [0.05, 0.1) is 4.88 Å². The quantitative estimate of drug-likeness (QED) is 0.907. The molecule has 2 heterocycles. The third-order valence-electron chi connectivity index (χ3n) is 3.52. The fourth-order valence-electron chi connectivity index (χ4n) is 2.53. The fraction of sp³-hybridized carbons (Fsp3) is 0.643. The summed E-state index contributed by atoms with van der Waals surface area (Å²) in [5.41, 5.74) is 1.19. The largest absolute Gasteiger partial charge is 0.334 e. The molecular formula is C14H23ClN2OS. The van der Waals surface area contributed by atoms with Gasteiger partial charge in [-0.25, -0.2) is 0 Å². The highest BCUT2D eigenvalue weighted by atomic mass is 35.5. The van der Waals surface area contributed by atoms with Crippen LogP contribution in [-0.4, -0.2) is 36.5 Å². The molecule has 1 unspecified atom stereocenters. The lowest BCUT2D eigenvalue weighted by atomic mass is 10.1. The average molecular weight is 303 g/mol. The van der Waals surface area contributed by atoms with Crippen LogP contribution < -0.4 is 5.32 Å². The highest BCUT2D eigenvalue weighted by Gasteiger charge is 2.28. The molecule has 108 valence electrons. The number of carbonyl (C=O) groups is 1. The minimum atomic E-state index is 0. The standard InChI is InChI=1S/C14H22N2OS.ClH/c1-3-8-16(12-5-7-15-10-12)14(17)13-11(4-2)6-9-18-13;/h6,9,12,15H,3-5,7-8,10H2,1-2H3;1H. The van der Waals surface area contributed by atoms with Crippen LogP contribution in [0.2, 0.25) is 0 Å². The Morgan fingerprint density at radius 3 is 2.89 bits per heavy atom. The Labute approximate surface area is 125 Å². The van der Waals surface area contributed by atoms with E-state index in [1.165, 1.54) is 5.56 Å². The second-order valence-electron chi connectivity index (χ2n) is 4.77. The zero-order valence-corrected chi connectivity index (χ0v) is 13.3. The topological polar surface area (TPSA) is 32.3 Å². The number of nitrogens with one attached hydrogen (secondary N) is 1. The van der Waals surface area contributed by atoms with Gasteiger partial charge in [0, 0.05) is 19.1 Å². The monoisotopic (exact) mass is 302 g/mol. The number of rotatable bonds is 5. The molecule has 3 nitrogen and oxygen atoms in total. The van der Waals surface area contributed by atoms with Gasteiger partial charge in [-0.05, 0) is 42.8 Å². The van der Waals surface area contributed by atoms with Gasteiger partial charge < -0.3 is 10.2 Å². The number of halogens is 1. The van der Waals surface area contributed by atoms with Crippen molar-refractivity contribution in [2.75, 3.05) is 19.6 Å². The van der Waals surface area contributed by atoms with E-state index >= 15 is 0 Å². The maximum atomic E-state index is 12.7. The van der Waals surface area contributed by atoms with Crippen molar-refractivity contribution in [2.24, 2.45) is 0 Å². The molecule has 1 aromatic rings. The summed E-state index contributed by atoms with van der Waals surface area (Å²) in [6, 6.07) is 2.46. The van der Waals surface area contributed by atoms with Crippen molar-refractivity contribution in [3.8, 4) is 0 Å². The van der Waals surface area contributed by atoms with E-state index in [1.54, 1.807) is 11.3 Å². The first kappa shape index (κ1) is 16.5. The zero-order valence-electron chi connectivity index (χ0n) is 11.6. The summed E-state index contributed by atoms with van der Waals surface area (Å²) in [5.74, 6) is 0.234. The number of thiophene rings is 1. The summed E-state index contributed by atoms with van der Waals surface area (Å²) in [6.45, 7) is 7.09. The molecule has 5 heteroatoms. The first-order valence-corrected chi connectivity index (χ1v) is 7.74. The first-order valence-electron chi connectivity index (χ1n) is 6.86. The zero-order chi connectivity index (χ0) is 13.0. The molecule has 0 spiro atoms. The number of carbonyl (C=O) groups excluding carboxylic acids is 1. The SMILES string of the molecule is CCCN(C(=O)c1sccc1CC)C1CCNC1.Cl. The summed E-state index contributed by atoms with van der Waals surface area (Å²) in [6.07, 6.45) is 3.04. The van der Waals surface area contributed by atoms with Gasteiger partial charge in [0.15, 0.2) is 0 Å². The van der Waals surface area contributed by atoms with Crippen LogP contribution in [0.25, 0.3) is 0 Å². The average Bonchev–Trinajstić information content (AvgIpc) is 3.05. The Balaban J connectivity index is 0.00000180. The minimum Gasteiger partial charge on any atom is -0.334 e. The van der Waals surface area contributed by atoms with E-state index in [-0.39, 0.29) is 18.3 Å². The van der Waals surface area contributed by atoms with Crippen molar-refractivity contribution < 1.29 is 4.79 Å². The highest BCUT2D eigenvalue weighted by Crippen LogP contribution is 2.22. The van der Waals surface area contributed by atoms with E-state index in [0.717, 1.165) is 43.8 Å². The van der Waals surface area contributed by atoms with Crippen LogP contribution in [-0.2, 0) is 6.42 Å².